The Balaban J connectivity index is 2.32. The summed E-state index contributed by atoms with van der Waals surface area (Å²) in [5.74, 6) is 0. The van der Waals surface area contributed by atoms with Crippen molar-refractivity contribution in [2.24, 2.45) is 5.73 Å². The molecule has 2 rings (SSSR count). The lowest BCUT2D eigenvalue weighted by molar-refractivity contribution is 0.523. The van der Waals surface area contributed by atoms with Gasteiger partial charge in [-0.25, -0.2) is 0 Å². The summed E-state index contributed by atoms with van der Waals surface area (Å²) in [5, 5.41) is 5.55. The van der Waals surface area contributed by atoms with Gasteiger partial charge in [-0.15, -0.1) is 11.3 Å². The summed E-state index contributed by atoms with van der Waals surface area (Å²) in [4.78, 5) is 1.44. The van der Waals surface area contributed by atoms with Gasteiger partial charge in [0.05, 0.1) is 6.04 Å². The summed E-state index contributed by atoms with van der Waals surface area (Å²) in [6.45, 7) is 1.79. The second kappa shape index (κ2) is 2.93. The number of hydrogen-bond acceptors (Lipinski definition) is 3. The maximum Gasteiger partial charge on any atom is 0.0542 e. The average Bonchev–Trinajstić information content (AvgIpc) is 2.50. The summed E-state index contributed by atoms with van der Waals surface area (Å²) in [6, 6.07) is 2.63. The molecule has 3 heteroatoms. The highest BCUT2D eigenvalue weighted by Crippen LogP contribution is 2.26. The first-order valence-corrected chi connectivity index (χ1v) is 4.79. The van der Waals surface area contributed by atoms with E-state index >= 15 is 0 Å². The zero-order valence-electron chi connectivity index (χ0n) is 6.34. The molecule has 1 unspecified atom stereocenters. The minimum absolute atomic E-state index is 0.416. The number of rotatable bonds is 1. The predicted octanol–water partition coefficient (Wildman–Crippen LogP) is 0.894. The third-order valence-electron chi connectivity index (χ3n) is 2.12. The highest BCUT2D eigenvalue weighted by Gasteiger charge is 2.18. The van der Waals surface area contributed by atoms with Crippen LogP contribution in [0.3, 0.4) is 0 Å². The third kappa shape index (κ3) is 1.20. The van der Waals surface area contributed by atoms with Crippen molar-refractivity contribution in [2.45, 2.75) is 12.5 Å². The Bertz CT molecular complexity index is 244. The van der Waals surface area contributed by atoms with Crippen molar-refractivity contribution in [1.82, 2.24) is 5.32 Å². The molecule has 0 saturated heterocycles. The topological polar surface area (TPSA) is 38.0 Å². The zero-order valence-corrected chi connectivity index (χ0v) is 7.16. The van der Waals surface area contributed by atoms with Crippen LogP contribution in [0.4, 0.5) is 0 Å². The van der Waals surface area contributed by atoms with Crippen LogP contribution < -0.4 is 11.1 Å². The molecular formula is C8H12N2S. The van der Waals surface area contributed by atoms with E-state index in [0.29, 0.717) is 12.6 Å². The van der Waals surface area contributed by atoms with Crippen LogP contribution in [0.2, 0.25) is 0 Å². The summed E-state index contributed by atoms with van der Waals surface area (Å²) in [5.41, 5.74) is 7.11. The maximum atomic E-state index is 5.62. The highest BCUT2D eigenvalue weighted by atomic mass is 32.1. The monoisotopic (exact) mass is 168 g/mol. The quantitative estimate of drug-likeness (QED) is 0.653. The summed E-state index contributed by atoms with van der Waals surface area (Å²) < 4.78 is 0. The normalized spacial score (nSPS) is 23.2. The molecule has 0 saturated carbocycles. The maximum absolute atomic E-state index is 5.62. The first-order valence-electron chi connectivity index (χ1n) is 3.91. The molecule has 3 N–H and O–H groups in total. The standard InChI is InChI=1S/C8H12N2S/c9-5-7-8-6(1-3-10-7)2-4-11-8/h2,4,7,10H,1,3,5,9H2. The second-order valence-electron chi connectivity index (χ2n) is 2.80. The molecule has 0 spiro atoms. The van der Waals surface area contributed by atoms with E-state index in [0.717, 1.165) is 13.0 Å². The predicted molar refractivity (Wildman–Crippen MR) is 47.8 cm³/mol. The van der Waals surface area contributed by atoms with Gasteiger partial charge < -0.3 is 11.1 Å². The Hall–Kier alpha value is -0.380. The lowest BCUT2D eigenvalue weighted by Crippen LogP contribution is -2.33. The molecule has 2 nitrogen and oxygen atoms in total. The molecule has 1 atom stereocenters. The van der Waals surface area contributed by atoms with Gasteiger partial charge in [0, 0.05) is 11.4 Å². The van der Waals surface area contributed by atoms with E-state index in [4.69, 9.17) is 5.73 Å². The molecule has 0 radical (unpaired) electrons. The van der Waals surface area contributed by atoms with E-state index in [1.54, 1.807) is 0 Å². The SMILES string of the molecule is NCC1NCCc2ccsc21. The van der Waals surface area contributed by atoms with Gasteiger partial charge in [0.25, 0.3) is 0 Å². The lowest BCUT2D eigenvalue weighted by atomic mass is 10.0. The van der Waals surface area contributed by atoms with E-state index in [1.807, 2.05) is 11.3 Å². The van der Waals surface area contributed by atoms with Gasteiger partial charge in [-0.05, 0) is 30.0 Å². The van der Waals surface area contributed by atoms with Gasteiger partial charge in [-0.3, -0.25) is 0 Å². The van der Waals surface area contributed by atoms with Crippen molar-refractivity contribution in [1.29, 1.82) is 0 Å². The van der Waals surface area contributed by atoms with Gasteiger partial charge in [-0.2, -0.15) is 0 Å². The first kappa shape index (κ1) is 7.28. The molecule has 1 aliphatic heterocycles. The van der Waals surface area contributed by atoms with E-state index in [1.165, 1.54) is 10.4 Å². The fourth-order valence-corrected chi connectivity index (χ4v) is 2.57. The Morgan fingerprint density at radius 2 is 2.64 bits per heavy atom. The van der Waals surface area contributed by atoms with Crippen LogP contribution >= 0.6 is 11.3 Å². The molecule has 0 fully saturated rings. The molecule has 2 heterocycles. The minimum atomic E-state index is 0.416. The van der Waals surface area contributed by atoms with Crippen LogP contribution in [0.5, 0.6) is 0 Å². The molecule has 60 valence electrons. The molecule has 11 heavy (non-hydrogen) atoms. The Kier molecular flexibility index (Phi) is 1.94. The number of hydrogen-bond donors (Lipinski definition) is 2. The fraction of sp³-hybridized carbons (Fsp3) is 0.500. The van der Waals surface area contributed by atoms with Crippen LogP contribution in [0.1, 0.15) is 16.5 Å². The Morgan fingerprint density at radius 3 is 3.45 bits per heavy atom. The minimum Gasteiger partial charge on any atom is -0.329 e. The lowest BCUT2D eigenvalue weighted by Gasteiger charge is -2.22. The summed E-state index contributed by atoms with van der Waals surface area (Å²) in [7, 11) is 0. The van der Waals surface area contributed by atoms with Crippen molar-refractivity contribution in [2.75, 3.05) is 13.1 Å². The van der Waals surface area contributed by atoms with Crippen LogP contribution in [0.25, 0.3) is 0 Å². The molecule has 0 bridgehead atoms. The molecule has 1 aromatic heterocycles. The molecular weight excluding hydrogens is 156 g/mol. The fourth-order valence-electron chi connectivity index (χ4n) is 1.52. The molecule has 1 aromatic rings. The average molecular weight is 168 g/mol. The second-order valence-corrected chi connectivity index (χ2v) is 3.75. The van der Waals surface area contributed by atoms with Crippen molar-refractivity contribution in [3.8, 4) is 0 Å². The third-order valence-corrected chi connectivity index (χ3v) is 3.19. The first-order chi connectivity index (χ1) is 5.42. The van der Waals surface area contributed by atoms with E-state index in [2.05, 4.69) is 16.8 Å². The van der Waals surface area contributed by atoms with E-state index in [9.17, 15) is 0 Å². The van der Waals surface area contributed by atoms with E-state index in [-0.39, 0.29) is 0 Å². The number of thiophene rings is 1. The van der Waals surface area contributed by atoms with Gasteiger partial charge in [0.15, 0.2) is 0 Å². The van der Waals surface area contributed by atoms with Gasteiger partial charge in [0.2, 0.25) is 0 Å². The van der Waals surface area contributed by atoms with Crippen molar-refractivity contribution in [3.63, 3.8) is 0 Å². The number of nitrogens with two attached hydrogens (primary N) is 1. The Morgan fingerprint density at radius 1 is 1.73 bits per heavy atom. The van der Waals surface area contributed by atoms with Crippen LogP contribution in [-0.2, 0) is 6.42 Å². The molecule has 0 amide bonds. The van der Waals surface area contributed by atoms with Gasteiger partial charge in [0.1, 0.15) is 0 Å². The van der Waals surface area contributed by atoms with Gasteiger partial charge >= 0.3 is 0 Å². The molecule has 1 aliphatic rings. The smallest absolute Gasteiger partial charge is 0.0542 e. The van der Waals surface area contributed by atoms with Crippen molar-refractivity contribution < 1.29 is 0 Å². The Labute approximate surface area is 70.4 Å². The van der Waals surface area contributed by atoms with Crippen LogP contribution in [-0.4, -0.2) is 13.1 Å². The zero-order chi connectivity index (χ0) is 7.68. The van der Waals surface area contributed by atoms with Crippen LogP contribution in [0.15, 0.2) is 11.4 Å². The molecule has 0 aliphatic carbocycles. The highest BCUT2D eigenvalue weighted by molar-refractivity contribution is 7.10. The molecule has 0 aromatic carbocycles. The number of fused-ring (bicyclic) bond motifs is 1. The van der Waals surface area contributed by atoms with Crippen molar-refractivity contribution >= 4 is 11.3 Å². The largest absolute Gasteiger partial charge is 0.329 e. The van der Waals surface area contributed by atoms with E-state index < -0.39 is 0 Å². The summed E-state index contributed by atoms with van der Waals surface area (Å²) in [6.07, 6.45) is 1.16. The van der Waals surface area contributed by atoms with Crippen LogP contribution in [0, 0.1) is 0 Å². The van der Waals surface area contributed by atoms with Crippen molar-refractivity contribution in [3.05, 3.63) is 21.9 Å². The summed E-state index contributed by atoms with van der Waals surface area (Å²) >= 11 is 1.82. The van der Waals surface area contributed by atoms with Gasteiger partial charge in [-0.1, -0.05) is 0 Å². The number of nitrogens with one attached hydrogen (secondary N) is 1.